The van der Waals surface area contributed by atoms with Gasteiger partial charge in [0.1, 0.15) is 0 Å². The zero-order valence-electron chi connectivity index (χ0n) is 18.5. The molecule has 9 heteroatoms. The van der Waals surface area contributed by atoms with E-state index in [1.165, 1.54) is 18.2 Å². The first-order valence-corrected chi connectivity index (χ1v) is 10.5. The minimum absolute atomic E-state index is 0.222. The highest BCUT2D eigenvalue weighted by molar-refractivity contribution is 6.00. The van der Waals surface area contributed by atoms with Gasteiger partial charge in [0.15, 0.2) is 6.61 Å². The molecular formula is C25H24N4O5. The van der Waals surface area contributed by atoms with Crippen molar-refractivity contribution in [2.75, 3.05) is 29.1 Å². The van der Waals surface area contributed by atoms with Crippen molar-refractivity contribution in [3.8, 4) is 0 Å². The standard InChI is InChI=1S/C25H24N4O5/c1-2-26-23(31)18-7-6-10-21(15-18)27-22(30)16-34-24(32)17-11-13-20(14-12-17)29-25(33)28-19-8-4-3-5-9-19/h3-15H,2,16H2,1H3,(H,26,31)(H,27,30)(H2,28,29,33). The van der Waals surface area contributed by atoms with Gasteiger partial charge >= 0.3 is 12.0 Å². The van der Waals surface area contributed by atoms with E-state index < -0.39 is 24.5 Å². The molecule has 0 unspecified atom stereocenters. The molecule has 0 atom stereocenters. The monoisotopic (exact) mass is 460 g/mol. The van der Waals surface area contributed by atoms with E-state index in [-0.39, 0.29) is 11.5 Å². The predicted molar refractivity (Wildman–Crippen MR) is 129 cm³/mol. The Labute approximate surface area is 196 Å². The van der Waals surface area contributed by atoms with Crippen LogP contribution in [0.3, 0.4) is 0 Å². The summed E-state index contributed by atoms with van der Waals surface area (Å²) < 4.78 is 5.05. The Morgan fingerprint density at radius 2 is 1.35 bits per heavy atom. The van der Waals surface area contributed by atoms with Crippen LogP contribution in [-0.4, -0.2) is 37.0 Å². The molecule has 3 aromatic rings. The average molecular weight is 460 g/mol. The van der Waals surface area contributed by atoms with E-state index in [2.05, 4.69) is 21.3 Å². The van der Waals surface area contributed by atoms with E-state index in [1.54, 1.807) is 54.6 Å². The van der Waals surface area contributed by atoms with E-state index in [1.807, 2.05) is 13.0 Å². The third-order valence-electron chi connectivity index (χ3n) is 4.49. The number of amides is 4. The number of rotatable bonds is 8. The lowest BCUT2D eigenvalue weighted by atomic mass is 10.2. The number of carbonyl (C=O) groups is 4. The van der Waals surface area contributed by atoms with Gasteiger partial charge < -0.3 is 26.0 Å². The van der Waals surface area contributed by atoms with Gasteiger partial charge in [0, 0.05) is 29.2 Å². The van der Waals surface area contributed by atoms with E-state index in [9.17, 15) is 19.2 Å². The summed E-state index contributed by atoms with van der Waals surface area (Å²) in [6, 6.07) is 21.0. The molecule has 3 rings (SSSR count). The number of ether oxygens (including phenoxy) is 1. The molecule has 0 radical (unpaired) electrons. The fourth-order valence-electron chi connectivity index (χ4n) is 2.92. The van der Waals surface area contributed by atoms with Gasteiger partial charge in [-0.25, -0.2) is 9.59 Å². The molecule has 3 aromatic carbocycles. The van der Waals surface area contributed by atoms with Gasteiger partial charge in [-0.2, -0.15) is 0 Å². The molecule has 0 bridgehead atoms. The molecule has 0 spiro atoms. The minimum atomic E-state index is -0.688. The predicted octanol–water partition coefficient (Wildman–Crippen LogP) is 3.88. The zero-order valence-corrected chi connectivity index (χ0v) is 18.5. The third-order valence-corrected chi connectivity index (χ3v) is 4.49. The molecule has 0 aromatic heterocycles. The topological polar surface area (TPSA) is 126 Å². The summed E-state index contributed by atoms with van der Waals surface area (Å²) in [7, 11) is 0. The number of carbonyl (C=O) groups excluding carboxylic acids is 4. The van der Waals surface area contributed by atoms with Crippen LogP contribution in [-0.2, 0) is 9.53 Å². The number of anilines is 3. The number of benzene rings is 3. The Morgan fingerprint density at radius 1 is 0.706 bits per heavy atom. The second-order valence-electron chi connectivity index (χ2n) is 7.09. The first-order valence-electron chi connectivity index (χ1n) is 10.5. The highest BCUT2D eigenvalue weighted by atomic mass is 16.5. The Morgan fingerprint density at radius 3 is 2.03 bits per heavy atom. The van der Waals surface area contributed by atoms with Crippen LogP contribution in [0.5, 0.6) is 0 Å². The molecule has 0 aliphatic rings. The van der Waals surface area contributed by atoms with Crippen molar-refractivity contribution in [2.24, 2.45) is 0 Å². The molecule has 0 saturated heterocycles. The van der Waals surface area contributed by atoms with Crippen LogP contribution in [0.15, 0.2) is 78.9 Å². The first-order chi connectivity index (χ1) is 16.4. The van der Waals surface area contributed by atoms with Gasteiger partial charge in [-0.3, -0.25) is 9.59 Å². The van der Waals surface area contributed by atoms with Crippen LogP contribution in [0.1, 0.15) is 27.6 Å². The van der Waals surface area contributed by atoms with Crippen LogP contribution in [0, 0.1) is 0 Å². The van der Waals surface area contributed by atoms with Crippen molar-refractivity contribution in [3.05, 3.63) is 90.0 Å². The SMILES string of the molecule is CCNC(=O)c1cccc(NC(=O)COC(=O)c2ccc(NC(=O)Nc3ccccc3)cc2)c1. The van der Waals surface area contributed by atoms with E-state index in [0.29, 0.717) is 29.2 Å². The zero-order chi connectivity index (χ0) is 24.3. The van der Waals surface area contributed by atoms with Gasteiger partial charge in [-0.15, -0.1) is 0 Å². The number of para-hydroxylation sites is 1. The Hall–Kier alpha value is -4.66. The van der Waals surface area contributed by atoms with Crippen LogP contribution in [0.25, 0.3) is 0 Å². The van der Waals surface area contributed by atoms with Gasteiger partial charge in [-0.1, -0.05) is 24.3 Å². The van der Waals surface area contributed by atoms with Crippen molar-refractivity contribution in [1.29, 1.82) is 0 Å². The molecule has 34 heavy (non-hydrogen) atoms. The summed E-state index contributed by atoms with van der Waals surface area (Å²) in [5.74, 6) is -1.48. The molecule has 174 valence electrons. The smallest absolute Gasteiger partial charge is 0.338 e. The van der Waals surface area contributed by atoms with Gasteiger partial charge in [0.25, 0.3) is 11.8 Å². The van der Waals surface area contributed by atoms with Crippen LogP contribution in [0.2, 0.25) is 0 Å². The summed E-state index contributed by atoms with van der Waals surface area (Å²) >= 11 is 0. The normalized spacial score (nSPS) is 10.0. The maximum atomic E-state index is 12.2. The quantitative estimate of drug-likeness (QED) is 0.380. The molecule has 0 fully saturated rings. The molecule has 9 nitrogen and oxygen atoms in total. The van der Waals surface area contributed by atoms with Gasteiger partial charge in [0.05, 0.1) is 5.56 Å². The van der Waals surface area contributed by atoms with E-state index >= 15 is 0 Å². The number of nitrogens with one attached hydrogen (secondary N) is 4. The van der Waals surface area contributed by atoms with Gasteiger partial charge in [-0.05, 0) is 61.5 Å². The summed E-state index contributed by atoms with van der Waals surface area (Å²) in [5.41, 5.74) is 2.17. The highest BCUT2D eigenvalue weighted by Gasteiger charge is 2.12. The Balaban J connectivity index is 1.47. The lowest BCUT2D eigenvalue weighted by Crippen LogP contribution is -2.23. The number of urea groups is 1. The molecule has 0 aliphatic carbocycles. The van der Waals surface area contributed by atoms with Crippen molar-refractivity contribution in [3.63, 3.8) is 0 Å². The second-order valence-corrected chi connectivity index (χ2v) is 7.09. The molecular weight excluding hydrogens is 436 g/mol. The van der Waals surface area contributed by atoms with Crippen molar-refractivity contribution in [1.82, 2.24) is 5.32 Å². The minimum Gasteiger partial charge on any atom is -0.452 e. The second kappa shape index (κ2) is 11.8. The van der Waals surface area contributed by atoms with Crippen molar-refractivity contribution < 1.29 is 23.9 Å². The van der Waals surface area contributed by atoms with Crippen LogP contribution in [0.4, 0.5) is 21.9 Å². The summed E-state index contributed by atoms with van der Waals surface area (Å²) in [6.45, 7) is 1.80. The van der Waals surface area contributed by atoms with Crippen LogP contribution >= 0.6 is 0 Å². The maximum absolute atomic E-state index is 12.2. The fraction of sp³-hybridized carbons (Fsp3) is 0.120. The van der Waals surface area contributed by atoms with Crippen LogP contribution < -0.4 is 21.3 Å². The fourth-order valence-corrected chi connectivity index (χ4v) is 2.92. The van der Waals surface area contributed by atoms with E-state index in [4.69, 9.17) is 4.74 Å². The largest absolute Gasteiger partial charge is 0.452 e. The number of esters is 1. The lowest BCUT2D eigenvalue weighted by molar-refractivity contribution is -0.119. The highest BCUT2D eigenvalue weighted by Crippen LogP contribution is 2.13. The number of hydrogen-bond acceptors (Lipinski definition) is 5. The molecule has 0 heterocycles. The molecule has 4 N–H and O–H groups in total. The average Bonchev–Trinajstić information content (AvgIpc) is 2.84. The van der Waals surface area contributed by atoms with Crippen molar-refractivity contribution >= 4 is 40.9 Å². The summed E-state index contributed by atoms with van der Waals surface area (Å²) in [5, 5.41) is 10.6. The third kappa shape index (κ3) is 7.20. The summed E-state index contributed by atoms with van der Waals surface area (Å²) in [6.07, 6.45) is 0. The van der Waals surface area contributed by atoms with Crippen molar-refractivity contribution in [2.45, 2.75) is 6.92 Å². The van der Waals surface area contributed by atoms with E-state index in [0.717, 1.165) is 0 Å². The molecule has 0 aliphatic heterocycles. The van der Waals surface area contributed by atoms with Gasteiger partial charge in [0.2, 0.25) is 0 Å². The Bertz CT molecular complexity index is 1160. The summed E-state index contributed by atoms with van der Waals surface area (Å²) in [4.78, 5) is 48.3. The first kappa shape index (κ1) is 24.0. The maximum Gasteiger partial charge on any atom is 0.338 e. The molecule has 4 amide bonds. The number of hydrogen-bond donors (Lipinski definition) is 4. The lowest BCUT2D eigenvalue weighted by Gasteiger charge is -2.09. The molecule has 0 saturated carbocycles. The Kier molecular flexibility index (Phi) is 8.34.